The molecule has 1 atom stereocenters. The standard InChI is InChI=1S/C12H19Br2NS/c1-3-4-5-6-7-10(15-2)11-8-9(13)12(14)16-11/h8,10,15H,3-7H2,1-2H3. The second kappa shape index (κ2) is 7.85. The predicted octanol–water partition coefficient (Wildman–Crippen LogP) is 5.50. The van der Waals surface area contributed by atoms with Crippen molar-refractivity contribution in [2.75, 3.05) is 7.05 Å². The van der Waals surface area contributed by atoms with Crippen LogP contribution in [0, 0.1) is 0 Å². The maximum Gasteiger partial charge on any atom is 0.0843 e. The summed E-state index contributed by atoms with van der Waals surface area (Å²) in [5.74, 6) is 0. The minimum absolute atomic E-state index is 0.504. The first-order valence-corrected chi connectivity index (χ1v) is 8.21. The first-order chi connectivity index (χ1) is 7.69. The summed E-state index contributed by atoms with van der Waals surface area (Å²) in [6.45, 7) is 2.25. The Morgan fingerprint density at radius 2 is 2.06 bits per heavy atom. The molecule has 0 aliphatic heterocycles. The first kappa shape index (κ1) is 14.7. The third-order valence-corrected chi connectivity index (χ3v) is 6.07. The molecule has 1 heterocycles. The number of hydrogen-bond acceptors (Lipinski definition) is 2. The van der Waals surface area contributed by atoms with Gasteiger partial charge in [-0.15, -0.1) is 11.3 Å². The highest BCUT2D eigenvalue weighted by molar-refractivity contribution is 9.13. The van der Waals surface area contributed by atoms with E-state index >= 15 is 0 Å². The van der Waals surface area contributed by atoms with Crippen molar-refractivity contribution in [1.82, 2.24) is 5.32 Å². The van der Waals surface area contributed by atoms with Crippen molar-refractivity contribution in [2.24, 2.45) is 0 Å². The Kier molecular flexibility index (Phi) is 7.20. The van der Waals surface area contributed by atoms with E-state index in [0.717, 1.165) is 0 Å². The van der Waals surface area contributed by atoms with Crippen LogP contribution < -0.4 is 5.32 Å². The van der Waals surface area contributed by atoms with Gasteiger partial charge in [0.05, 0.1) is 3.79 Å². The molecule has 0 radical (unpaired) electrons. The lowest BCUT2D eigenvalue weighted by molar-refractivity contribution is 0.511. The SMILES string of the molecule is CCCCCCC(NC)c1cc(Br)c(Br)s1. The van der Waals surface area contributed by atoms with Crippen molar-refractivity contribution in [3.8, 4) is 0 Å². The van der Waals surface area contributed by atoms with Crippen molar-refractivity contribution in [1.29, 1.82) is 0 Å². The third-order valence-electron chi connectivity index (χ3n) is 2.70. The molecule has 0 spiro atoms. The topological polar surface area (TPSA) is 12.0 Å². The lowest BCUT2D eigenvalue weighted by Crippen LogP contribution is -2.14. The van der Waals surface area contributed by atoms with E-state index in [-0.39, 0.29) is 0 Å². The summed E-state index contributed by atoms with van der Waals surface area (Å²) in [6.07, 6.45) is 6.55. The Balaban J connectivity index is 2.47. The monoisotopic (exact) mass is 367 g/mol. The van der Waals surface area contributed by atoms with Crippen LogP contribution in [0.5, 0.6) is 0 Å². The molecule has 0 aromatic carbocycles. The van der Waals surface area contributed by atoms with Gasteiger partial charge in [-0.25, -0.2) is 0 Å². The largest absolute Gasteiger partial charge is 0.312 e. The number of thiophene rings is 1. The first-order valence-electron chi connectivity index (χ1n) is 5.81. The zero-order valence-corrected chi connectivity index (χ0v) is 13.8. The number of unbranched alkanes of at least 4 members (excludes halogenated alkanes) is 3. The van der Waals surface area contributed by atoms with E-state index in [1.807, 2.05) is 18.4 Å². The fraction of sp³-hybridized carbons (Fsp3) is 0.667. The van der Waals surface area contributed by atoms with Gasteiger partial charge in [-0.2, -0.15) is 0 Å². The lowest BCUT2D eigenvalue weighted by Gasteiger charge is -2.13. The van der Waals surface area contributed by atoms with Crippen LogP contribution in [0.25, 0.3) is 0 Å². The molecule has 0 saturated heterocycles. The van der Waals surface area contributed by atoms with Gasteiger partial charge in [0.15, 0.2) is 0 Å². The molecule has 0 fully saturated rings. The van der Waals surface area contributed by atoms with Crippen LogP contribution in [0.2, 0.25) is 0 Å². The highest BCUT2D eigenvalue weighted by Crippen LogP contribution is 2.36. The van der Waals surface area contributed by atoms with E-state index in [9.17, 15) is 0 Å². The summed E-state index contributed by atoms with van der Waals surface area (Å²) in [5.41, 5.74) is 0. The number of hydrogen-bond donors (Lipinski definition) is 1. The van der Waals surface area contributed by atoms with E-state index in [2.05, 4.69) is 50.2 Å². The molecule has 1 nitrogen and oxygen atoms in total. The lowest BCUT2D eigenvalue weighted by atomic mass is 10.1. The van der Waals surface area contributed by atoms with Crippen molar-refractivity contribution < 1.29 is 0 Å². The van der Waals surface area contributed by atoms with Gasteiger partial charge >= 0.3 is 0 Å². The molecule has 4 heteroatoms. The fourth-order valence-corrected chi connectivity index (χ4v) is 3.97. The van der Waals surface area contributed by atoms with E-state index in [4.69, 9.17) is 0 Å². The van der Waals surface area contributed by atoms with Gasteiger partial charge in [0.2, 0.25) is 0 Å². The van der Waals surface area contributed by atoms with Gasteiger partial charge in [-0.3, -0.25) is 0 Å². The van der Waals surface area contributed by atoms with Crippen LogP contribution in [0.15, 0.2) is 14.3 Å². The fourth-order valence-electron chi connectivity index (χ4n) is 1.74. The van der Waals surface area contributed by atoms with Crippen molar-refractivity contribution in [3.05, 3.63) is 19.2 Å². The predicted molar refractivity (Wildman–Crippen MR) is 80.3 cm³/mol. The minimum atomic E-state index is 0.504. The maximum absolute atomic E-state index is 3.55. The summed E-state index contributed by atoms with van der Waals surface area (Å²) in [4.78, 5) is 1.41. The second-order valence-corrected chi connectivity index (χ2v) is 7.22. The van der Waals surface area contributed by atoms with E-state index in [1.54, 1.807) is 0 Å². The summed E-state index contributed by atoms with van der Waals surface area (Å²) in [6, 6.07) is 2.72. The Labute approximate surface area is 119 Å². The van der Waals surface area contributed by atoms with Crippen LogP contribution in [-0.4, -0.2) is 7.05 Å². The van der Waals surface area contributed by atoms with Gasteiger partial charge in [0, 0.05) is 15.4 Å². The molecule has 1 unspecified atom stereocenters. The highest BCUT2D eigenvalue weighted by Gasteiger charge is 2.13. The van der Waals surface area contributed by atoms with Gasteiger partial charge in [-0.1, -0.05) is 32.6 Å². The average molecular weight is 369 g/mol. The Morgan fingerprint density at radius 1 is 1.31 bits per heavy atom. The van der Waals surface area contributed by atoms with Gasteiger partial charge < -0.3 is 5.32 Å². The summed E-state index contributed by atoms with van der Waals surface area (Å²) >= 11 is 8.91. The number of rotatable bonds is 7. The molecule has 1 aromatic heterocycles. The maximum atomic E-state index is 3.55. The van der Waals surface area contributed by atoms with Crippen molar-refractivity contribution in [3.63, 3.8) is 0 Å². The highest BCUT2D eigenvalue weighted by atomic mass is 79.9. The Morgan fingerprint density at radius 3 is 2.56 bits per heavy atom. The molecular weight excluding hydrogens is 350 g/mol. The van der Waals surface area contributed by atoms with Crippen LogP contribution in [0.3, 0.4) is 0 Å². The van der Waals surface area contributed by atoms with Crippen LogP contribution in [-0.2, 0) is 0 Å². The second-order valence-electron chi connectivity index (χ2n) is 3.96. The Bertz CT molecular complexity index is 292. The molecule has 1 N–H and O–H groups in total. The molecule has 0 saturated carbocycles. The van der Waals surface area contributed by atoms with Gasteiger partial charge in [-0.05, 0) is 51.4 Å². The Hall–Kier alpha value is 0.620. The van der Waals surface area contributed by atoms with Gasteiger partial charge in [0.1, 0.15) is 0 Å². The molecule has 0 aliphatic rings. The van der Waals surface area contributed by atoms with Crippen LogP contribution in [0.4, 0.5) is 0 Å². The third kappa shape index (κ3) is 4.47. The van der Waals surface area contributed by atoms with E-state index in [0.29, 0.717) is 6.04 Å². The van der Waals surface area contributed by atoms with Crippen molar-refractivity contribution >= 4 is 43.2 Å². The minimum Gasteiger partial charge on any atom is -0.312 e. The normalized spacial score (nSPS) is 13.0. The molecular formula is C12H19Br2NS. The summed E-state index contributed by atoms with van der Waals surface area (Å²) in [5, 5.41) is 3.40. The average Bonchev–Trinajstić information content (AvgIpc) is 2.59. The zero-order valence-electron chi connectivity index (χ0n) is 9.85. The molecule has 1 rings (SSSR count). The summed E-state index contributed by atoms with van der Waals surface area (Å²) < 4.78 is 2.36. The van der Waals surface area contributed by atoms with E-state index in [1.165, 1.54) is 45.2 Å². The molecule has 0 amide bonds. The van der Waals surface area contributed by atoms with Crippen LogP contribution in [0.1, 0.15) is 49.9 Å². The smallest absolute Gasteiger partial charge is 0.0843 e. The number of halogens is 2. The van der Waals surface area contributed by atoms with E-state index < -0.39 is 0 Å². The summed E-state index contributed by atoms with van der Waals surface area (Å²) in [7, 11) is 2.05. The molecule has 0 aliphatic carbocycles. The molecule has 0 bridgehead atoms. The molecule has 1 aromatic rings. The molecule has 92 valence electrons. The molecule has 16 heavy (non-hydrogen) atoms. The zero-order chi connectivity index (χ0) is 12.0. The van der Waals surface area contributed by atoms with Crippen molar-refractivity contribution in [2.45, 2.75) is 45.1 Å². The quantitative estimate of drug-likeness (QED) is 0.626. The number of nitrogens with one attached hydrogen (secondary N) is 1. The van der Waals surface area contributed by atoms with Gasteiger partial charge in [0.25, 0.3) is 0 Å². The van der Waals surface area contributed by atoms with Crippen LogP contribution >= 0.6 is 43.2 Å².